The molecule has 3 aromatic carbocycles. The van der Waals surface area contributed by atoms with Crippen LogP contribution in [0.5, 0.6) is 17.2 Å². The molecule has 1 aliphatic heterocycles. The van der Waals surface area contributed by atoms with Crippen molar-refractivity contribution >= 4 is 0 Å². The number of hydrogen-bond donors (Lipinski definition) is 1. The molecule has 3 aromatic rings. The van der Waals surface area contributed by atoms with Crippen molar-refractivity contribution in [2.45, 2.75) is 50.6 Å². The summed E-state index contributed by atoms with van der Waals surface area (Å²) < 4.78 is 89.3. The van der Waals surface area contributed by atoms with Crippen molar-refractivity contribution in [1.29, 1.82) is 0 Å². The van der Waals surface area contributed by atoms with Gasteiger partial charge in [0.25, 0.3) is 0 Å². The minimum atomic E-state index is -4.91. The monoisotopic (exact) mass is 611 g/mol. The average molecular weight is 612 g/mol. The van der Waals surface area contributed by atoms with E-state index in [-0.39, 0.29) is 43.6 Å². The molecule has 0 bridgehead atoms. The molecule has 2 aliphatic rings. The van der Waals surface area contributed by atoms with Gasteiger partial charge in [-0.05, 0) is 78.4 Å². The van der Waals surface area contributed by atoms with Gasteiger partial charge in [-0.25, -0.2) is 0 Å². The molecule has 1 aliphatic carbocycles. The normalized spacial score (nSPS) is 21.3. The lowest BCUT2D eigenvalue weighted by Crippen LogP contribution is -2.51. The molecular formula is C31H31F6NO5. The van der Waals surface area contributed by atoms with Crippen LogP contribution >= 0.6 is 0 Å². The van der Waals surface area contributed by atoms with Crippen LogP contribution in [0.4, 0.5) is 26.3 Å². The Bertz CT molecular complexity index is 1290. The zero-order chi connectivity index (χ0) is 30.9. The molecule has 0 unspecified atom stereocenters. The highest BCUT2D eigenvalue weighted by Gasteiger charge is 2.44. The molecule has 2 fully saturated rings. The molecule has 1 heterocycles. The SMILES string of the molecule is [O-][N+]1(Cc2ccc(OCC3CC3)cc2)CCC(C(O)(c2ccc(OC(F)(F)F)cc2)c2ccc(OC(F)(F)F)cc2)CC1. The van der Waals surface area contributed by atoms with Gasteiger partial charge in [0.1, 0.15) is 29.4 Å². The molecule has 232 valence electrons. The van der Waals surface area contributed by atoms with Gasteiger partial charge in [0, 0.05) is 24.3 Å². The van der Waals surface area contributed by atoms with Crippen molar-refractivity contribution < 1.29 is 50.3 Å². The van der Waals surface area contributed by atoms with Crippen LogP contribution in [0.3, 0.4) is 0 Å². The van der Waals surface area contributed by atoms with Crippen LogP contribution in [0.15, 0.2) is 72.8 Å². The third-order valence-corrected chi connectivity index (χ3v) is 7.99. The molecule has 0 atom stereocenters. The maximum atomic E-state index is 13.7. The number of piperidine rings is 1. The van der Waals surface area contributed by atoms with Gasteiger partial charge < -0.3 is 29.2 Å². The van der Waals surface area contributed by atoms with E-state index in [1.54, 1.807) is 0 Å². The average Bonchev–Trinajstić information content (AvgIpc) is 3.76. The summed E-state index contributed by atoms with van der Waals surface area (Å²) >= 11 is 0. The molecule has 6 nitrogen and oxygen atoms in total. The number of nitrogens with zero attached hydrogens (tertiary/aromatic N) is 1. The van der Waals surface area contributed by atoms with E-state index in [2.05, 4.69) is 9.47 Å². The molecule has 1 saturated carbocycles. The Balaban J connectivity index is 1.33. The molecule has 0 amide bonds. The molecule has 0 spiro atoms. The van der Waals surface area contributed by atoms with Crippen molar-refractivity contribution in [2.75, 3.05) is 19.7 Å². The van der Waals surface area contributed by atoms with Gasteiger partial charge in [-0.2, -0.15) is 0 Å². The van der Waals surface area contributed by atoms with Crippen LogP contribution in [0.1, 0.15) is 42.4 Å². The van der Waals surface area contributed by atoms with Gasteiger partial charge in [0.2, 0.25) is 0 Å². The molecule has 1 saturated heterocycles. The summed E-state index contributed by atoms with van der Waals surface area (Å²) in [6, 6.07) is 16.8. The molecular weight excluding hydrogens is 580 g/mol. The van der Waals surface area contributed by atoms with Crippen LogP contribution in [0.25, 0.3) is 0 Å². The second kappa shape index (κ2) is 11.9. The summed E-state index contributed by atoms with van der Waals surface area (Å²) in [7, 11) is 0. The van der Waals surface area contributed by atoms with E-state index in [1.807, 2.05) is 24.3 Å². The number of quaternary nitrogens is 1. The van der Waals surface area contributed by atoms with E-state index in [4.69, 9.17) is 4.74 Å². The van der Waals surface area contributed by atoms with Gasteiger partial charge in [-0.15, -0.1) is 26.3 Å². The molecule has 0 aromatic heterocycles. The van der Waals surface area contributed by atoms with Crippen LogP contribution in [-0.2, 0) is 12.1 Å². The predicted octanol–water partition coefficient (Wildman–Crippen LogP) is 7.43. The highest BCUT2D eigenvalue weighted by molar-refractivity contribution is 5.42. The van der Waals surface area contributed by atoms with Gasteiger partial charge in [-0.1, -0.05) is 24.3 Å². The lowest BCUT2D eigenvalue weighted by atomic mass is 9.72. The molecule has 12 heteroatoms. The maximum Gasteiger partial charge on any atom is 0.573 e. The number of ether oxygens (including phenoxy) is 3. The van der Waals surface area contributed by atoms with E-state index >= 15 is 0 Å². The Labute approximate surface area is 244 Å². The Hall–Kier alpha value is -3.48. The number of likely N-dealkylation sites (tertiary alicyclic amines) is 1. The number of halogens is 6. The van der Waals surface area contributed by atoms with Gasteiger partial charge in [0.15, 0.2) is 0 Å². The second-order valence-corrected chi connectivity index (χ2v) is 11.2. The molecule has 5 rings (SSSR count). The summed E-state index contributed by atoms with van der Waals surface area (Å²) in [4.78, 5) is 0. The number of benzene rings is 3. The molecule has 43 heavy (non-hydrogen) atoms. The van der Waals surface area contributed by atoms with Crippen molar-refractivity contribution in [3.8, 4) is 17.2 Å². The Morgan fingerprint density at radius 2 is 1.12 bits per heavy atom. The van der Waals surface area contributed by atoms with E-state index < -0.39 is 40.4 Å². The fourth-order valence-corrected chi connectivity index (χ4v) is 5.60. The maximum absolute atomic E-state index is 13.7. The quantitative estimate of drug-likeness (QED) is 0.147. The number of hydroxylamine groups is 3. The summed E-state index contributed by atoms with van der Waals surface area (Å²) in [5, 5.41) is 25.8. The summed E-state index contributed by atoms with van der Waals surface area (Å²) in [5.41, 5.74) is -0.560. The van der Waals surface area contributed by atoms with Gasteiger partial charge in [0.05, 0.1) is 19.7 Å². The summed E-state index contributed by atoms with van der Waals surface area (Å²) in [5.74, 6) is -0.178. The van der Waals surface area contributed by atoms with Gasteiger partial charge >= 0.3 is 12.7 Å². The zero-order valence-corrected chi connectivity index (χ0v) is 23.0. The van der Waals surface area contributed by atoms with E-state index in [9.17, 15) is 36.7 Å². The van der Waals surface area contributed by atoms with Crippen LogP contribution in [-0.4, -0.2) is 42.2 Å². The van der Waals surface area contributed by atoms with E-state index in [0.29, 0.717) is 12.5 Å². The first-order chi connectivity index (χ1) is 20.2. The van der Waals surface area contributed by atoms with Crippen molar-refractivity contribution in [1.82, 2.24) is 0 Å². The van der Waals surface area contributed by atoms with Crippen molar-refractivity contribution in [3.63, 3.8) is 0 Å². The fraction of sp³-hybridized carbons (Fsp3) is 0.419. The zero-order valence-electron chi connectivity index (χ0n) is 23.0. The topological polar surface area (TPSA) is 71.0 Å². The highest BCUT2D eigenvalue weighted by atomic mass is 19.4. The largest absolute Gasteiger partial charge is 0.633 e. The van der Waals surface area contributed by atoms with Crippen molar-refractivity contribution in [3.05, 3.63) is 94.7 Å². The third kappa shape index (κ3) is 8.12. The first kappa shape index (κ1) is 31.0. The Kier molecular flexibility index (Phi) is 8.56. The standard InChI is InChI=1S/C31H31F6NO5/c32-30(33,34)42-27-11-5-23(6-12-27)29(39,24-7-13-28(14-8-24)43-31(35,36)37)25-15-17-38(40,18-16-25)19-21-3-9-26(10-4-21)41-20-22-1-2-22/h3-14,22,25,39H,1-2,15-20H2. The molecule has 1 N–H and O–H groups in total. The Morgan fingerprint density at radius 3 is 1.53 bits per heavy atom. The third-order valence-electron chi connectivity index (χ3n) is 7.99. The smallest absolute Gasteiger partial charge is 0.573 e. The number of aliphatic hydroxyl groups is 1. The van der Waals surface area contributed by atoms with Crippen molar-refractivity contribution in [2.24, 2.45) is 11.8 Å². The Morgan fingerprint density at radius 1 is 0.674 bits per heavy atom. The first-order valence-electron chi connectivity index (χ1n) is 13.9. The minimum Gasteiger partial charge on any atom is -0.633 e. The number of hydrogen-bond acceptors (Lipinski definition) is 5. The summed E-state index contributed by atoms with van der Waals surface area (Å²) in [6.45, 7) is 1.19. The highest BCUT2D eigenvalue weighted by Crippen LogP contribution is 2.44. The fourth-order valence-electron chi connectivity index (χ4n) is 5.60. The second-order valence-electron chi connectivity index (χ2n) is 11.2. The van der Waals surface area contributed by atoms with Gasteiger partial charge in [-0.3, -0.25) is 0 Å². The lowest BCUT2D eigenvalue weighted by molar-refractivity contribution is -0.900. The number of alkyl halides is 6. The van der Waals surface area contributed by atoms with Crippen LogP contribution in [0.2, 0.25) is 0 Å². The van der Waals surface area contributed by atoms with Crippen LogP contribution in [0, 0.1) is 17.0 Å². The summed E-state index contributed by atoms with van der Waals surface area (Å²) in [6.07, 6.45) is -6.95. The van der Waals surface area contributed by atoms with Crippen LogP contribution < -0.4 is 14.2 Å². The van der Waals surface area contributed by atoms with E-state index in [0.717, 1.165) is 35.6 Å². The lowest BCUT2D eigenvalue weighted by Gasteiger charge is -2.50. The number of rotatable bonds is 10. The first-order valence-corrected chi connectivity index (χ1v) is 13.9. The predicted molar refractivity (Wildman–Crippen MR) is 144 cm³/mol. The molecule has 0 radical (unpaired) electrons. The minimum absolute atomic E-state index is 0.150. The van der Waals surface area contributed by atoms with E-state index in [1.165, 1.54) is 37.1 Å².